The Bertz CT molecular complexity index is 286. The van der Waals surface area contributed by atoms with Gasteiger partial charge in [0.15, 0.2) is 0 Å². The van der Waals surface area contributed by atoms with E-state index < -0.39 is 23.5 Å². The molecule has 16 heavy (non-hydrogen) atoms. The summed E-state index contributed by atoms with van der Waals surface area (Å²) in [7, 11) is -17.6. The normalized spacial score (nSPS) is 17.8. The predicted molar refractivity (Wildman–Crippen MR) is 43.7 cm³/mol. The van der Waals surface area contributed by atoms with Crippen LogP contribution < -0.4 is 25.7 Å². The molecule has 0 amide bonds. The summed E-state index contributed by atoms with van der Waals surface area (Å²) in [5.41, 5.74) is 0. The zero-order chi connectivity index (χ0) is 10.9. The number of rotatable bonds is 4. The molecule has 0 aliphatic heterocycles. The first-order valence-electron chi connectivity index (χ1n) is 2.21. The summed E-state index contributed by atoms with van der Waals surface area (Å²) < 4.78 is 35.0. The number of hydrogen-bond donors (Lipinski definition) is 2. The third-order valence-corrected chi connectivity index (χ3v) is 3.63. The summed E-state index contributed by atoms with van der Waals surface area (Å²) in [6.45, 7) is 0. The van der Waals surface area contributed by atoms with Gasteiger partial charge in [-0.3, -0.25) is 13.4 Å². The molecule has 0 saturated carbocycles. The smallest absolute Gasteiger partial charge is 0.790 e. The fourth-order valence-electron chi connectivity index (χ4n) is 0.264. The molecule has 0 aliphatic rings. The zero-order valence-electron chi connectivity index (χ0n) is 7.58. The van der Waals surface area contributed by atoms with Crippen molar-refractivity contribution in [1.29, 1.82) is 0 Å². The second kappa shape index (κ2) is 8.91. The molecule has 0 aliphatic carbocycles. The van der Waals surface area contributed by atoms with Crippen molar-refractivity contribution in [3.8, 4) is 0 Å². The van der Waals surface area contributed by atoms with Crippen molar-refractivity contribution >= 4 is 69.6 Å². The van der Waals surface area contributed by atoms with E-state index in [2.05, 4.69) is 8.62 Å². The van der Waals surface area contributed by atoms with E-state index in [1.807, 2.05) is 0 Å². The van der Waals surface area contributed by atoms with Crippen molar-refractivity contribution in [1.82, 2.24) is 6.15 Å². The van der Waals surface area contributed by atoms with E-state index in [1.165, 1.54) is 0 Å². The summed E-state index contributed by atoms with van der Waals surface area (Å²) in [4.78, 5) is 47.0. The average molecular weight is 320 g/mol. The molecule has 2 atom stereocenters. The molecule has 0 fully saturated rings. The fourth-order valence-corrected chi connectivity index (χ4v) is 2.64. The first-order chi connectivity index (χ1) is 5.41. The van der Waals surface area contributed by atoms with Gasteiger partial charge in [-0.05, 0) is 0 Å². The van der Waals surface area contributed by atoms with Gasteiger partial charge < -0.3 is 35.2 Å². The Morgan fingerprint density at radius 3 is 1.38 bits per heavy atom. The topological polar surface area (TPSA) is 217 Å². The van der Waals surface area contributed by atoms with Gasteiger partial charge in [-0.1, -0.05) is 0 Å². The third-order valence-electron chi connectivity index (χ3n) is 0.403. The zero-order valence-corrected chi connectivity index (χ0v) is 13.1. The molecule has 2 unspecified atom stereocenters. The van der Waals surface area contributed by atoms with E-state index in [9.17, 15) is 33.3 Å². The van der Waals surface area contributed by atoms with Gasteiger partial charge >= 0.3 is 46.1 Å². The van der Waals surface area contributed by atoms with Crippen molar-refractivity contribution in [2.24, 2.45) is 0 Å². The second-order valence-electron chi connectivity index (χ2n) is 1.53. The first kappa shape index (κ1) is 26.5. The summed E-state index contributed by atoms with van der Waals surface area (Å²) in [6.07, 6.45) is 0. The van der Waals surface area contributed by atoms with Crippen LogP contribution in [0, 0.1) is 0 Å². The van der Waals surface area contributed by atoms with Gasteiger partial charge in [-0.15, -0.1) is 0 Å². The van der Waals surface area contributed by atoms with E-state index >= 15 is 0 Å². The van der Waals surface area contributed by atoms with Gasteiger partial charge in [0.2, 0.25) is 0 Å². The van der Waals surface area contributed by atoms with Crippen LogP contribution in [0.2, 0.25) is 0 Å². The minimum absolute atomic E-state index is 0. The molecule has 16 heteroatoms. The van der Waals surface area contributed by atoms with Crippen molar-refractivity contribution in [3.63, 3.8) is 0 Å². The Kier molecular flexibility index (Phi) is 14.7. The van der Waals surface area contributed by atoms with Crippen LogP contribution in [0.3, 0.4) is 0 Å². The van der Waals surface area contributed by atoms with Crippen LogP contribution in [0.4, 0.5) is 0 Å². The van der Waals surface area contributed by atoms with Crippen LogP contribution in [0.15, 0.2) is 0 Å². The Labute approximate surface area is 122 Å². The van der Waals surface area contributed by atoms with Gasteiger partial charge in [0.25, 0.3) is 15.6 Å². The van der Waals surface area contributed by atoms with Crippen LogP contribution in [0.25, 0.3) is 0 Å². The van der Waals surface area contributed by atoms with Crippen LogP contribution in [-0.4, -0.2) is 51.0 Å². The fraction of sp³-hybridized carbons (Fsp3) is 0. The molecule has 0 saturated heterocycles. The van der Waals surface area contributed by atoms with Crippen LogP contribution >= 0.6 is 23.5 Å². The maximum Gasteiger partial charge on any atom is 2.00 e. The second-order valence-corrected chi connectivity index (χ2v) is 5.56. The third kappa shape index (κ3) is 18.3. The van der Waals surface area contributed by atoms with Gasteiger partial charge in [-0.25, -0.2) is 4.31 Å². The van der Waals surface area contributed by atoms with Crippen LogP contribution in [-0.2, 0) is 22.3 Å². The summed E-state index contributed by atoms with van der Waals surface area (Å²) in [6, 6.07) is 0. The quantitative estimate of drug-likeness (QED) is 0.377. The van der Waals surface area contributed by atoms with Crippen molar-refractivity contribution in [2.75, 3.05) is 0 Å². The SMILES string of the molecule is N.O=P([O-])([O-])OP(=O)([O-])OP(=O)([O-])O.[Mg+2].[Mg+2]. The molecule has 0 rings (SSSR count). The predicted octanol–water partition coefficient (Wildman–Crippen LogP) is -3.82. The van der Waals surface area contributed by atoms with Crippen molar-refractivity contribution in [2.45, 2.75) is 0 Å². The summed E-state index contributed by atoms with van der Waals surface area (Å²) in [5.74, 6) is 0. The minimum Gasteiger partial charge on any atom is -0.790 e. The molecule has 0 aromatic heterocycles. The van der Waals surface area contributed by atoms with Gasteiger partial charge in [0, 0.05) is 0 Å². The number of hydrogen-bond acceptors (Lipinski definition) is 10. The molecular weight excluding hydrogens is 316 g/mol. The molecule has 0 spiro atoms. The van der Waals surface area contributed by atoms with E-state index in [-0.39, 0.29) is 52.3 Å². The summed E-state index contributed by atoms with van der Waals surface area (Å²) in [5, 5.41) is 0. The van der Waals surface area contributed by atoms with Crippen LogP contribution in [0.5, 0.6) is 0 Å². The molecule has 88 valence electrons. The first-order valence-corrected chi connectivity index (χ1v) is 6.62. The maximum atomic E-state index is 10.1. The Balaban J connectivity index is -0.000000240. The molecular formula is H4Mg2NO10P3. The van der Waals surface area contributed by atoms with E-state index in [0.717, 1.165) is 0 Å². The standard InChI is InChI=1S/2Mg.H3N.H5O10P3/c;;;1-11(2,3)9-13(7,8)10-12(4,5)6/h;;1H3;(H,7,8)(H2,1,2,3)(H2,4,5,6)/q2*+2;;/p-4. The Morgan fingerprint density at radius 1 is 0.875 bits per heavy atom. The number of phosphoric acid groups is 3. The summed E-state index contributed by atoms with van der Waals surface area (Å²) >= 11 is 0. The molecule has 0 bridgehead atoms. The molecule has 0 aromatic rings. The Hall–Kier alpha value is 1.90. The monoisotopic (exact) mass is 319 g/mol. The van der Waals surface area contributed by atoms with Gasteiger partial charge in [0.1, 0.15) is 0 Å². The minimum atomic E-state index is -5.95. The van der Waals surface area contributed by atoms with Crippen molar-refractivity contribution < 1.29 is 46.8 Å². The Morgan fingerprint density at radius 2 is 1.19 bits per heavy atom. The van der Waals surface area contributed by atoms with E-state index in [4.69, 9.17) is 4.89 Å². The molecule has 0 radical (unpaired) electrons. The largest absolute Gasteiger partial charge is 2.00 e. The molecule has 4 N–H and O–H groups in total. The molecule has 0 heterocycles. The van der Waals surface area contributed by atoms with Gasteiger partial charge in [0.05, 0.1) is 7.82 Å². The van der Waals surface area contributed by atoms with Crippen molar-refractivity contribution in [3.05, 3.63) is 0 Å². The van der Waals surface area contributed by atoms with E-state index in [1.54, 1.807) is 0 Å². The average Bonchev–Trinajstić information content (AvgIpc) is 1.43. The van der Waals surface area contributed by atoms with Crippen LogP contribution in [0.1, 0.15) is 0 Å². The van der Waals surface area contributed by atoms with E-state index in [0.29, 0.717) is 0 Å². The van der Waals surface area contributed by atoms with Gasteiger partial charge in [-0.2, -0.15) is 0 Å². The molecule has 11 nitrogen and oxygen atoms in total. The maximum absolute atomic E-state index is 10.1. The molecule has 0 aromatic carbocycles.